The lowest BCUT2D eigenvalue weighted by Crippen LogP contribution is -2.49. The van der Waals surface area contributed by atoms with E-state index in [2.05, 4.69) is 0 Å². The van der Waals surface area contributed by atoms with Gasteiger partial charge in [0.15, 0.2) is 11.6 Å². The van der Waals surface area contributed by atoms with Crippen LogP contribution in [0.25, 0.3) is 0 Å². The van der Waals surface area contributed by atoms with Crippen molar-refractivity contribution < 1.29 is 9.59 Å². The first-order valence-corrected chi connectivity index (χ1v) is 11.3. The van der Waals surface area contributed by atoms with Crippen LogP contribution < -0.4 is 4.90 Å². The first kappa shape index (κ1) is 24.9. The van der Waals surface area contributed by atoms with Gasteiger partial charge in [0.05, 0.1) is 0 Å². The molecule has 0 heterocycles. The van der Waals surface area contributed by atoms with Crippen LogP contribution in [0.4, 0.5) is 5.69 Å². The Kier molecular flexibility index (Phi) is 8.34. The fourth-order valence-corrected chi connectivity index (χ4v) is 3.82. The Morgan fingerprint density at radius 1 is 0.676 bits per heavy atom. The maximum absolute atomic E-state index is 12.9. The molecule has 34 heavy (non-hydrogen) atoms. The van der Waals surface area contributed by atoms with Crippen molar-refractivity contribution in [2.24, 2.45) is 0 Å². The van der Waals surface area contributed by atoms with Crippen molar-refractivity contribution in [3.63, 3.8) is 0 Å². The van der Waals surface area contributed by atoms with Crippen LogP contribution in [0, 0.1) is 0 Å². The molecule has 0 fully saturated rings. The Bertz CT molecular complexity index is 1110. The minimum absolute atomic E-state index is 0.0752. The fourth-order valence-electron chi connectivity index (χ4n) is 3.82. The monoisotopic (exact) mass is 452 g/mol. The fraction of sp³-hybridized carbons (Fsp3) is 0.200. The molecule has 4 heteroatoms. The lowest BCUT2D eigenvalue weighted by molar-refractivity contribution is 0.0776. The molecule has 0 radical (unpaired) electrons. The van der Waals surface area contributed by atoms with Crippen molar-refractivity contribution >= 4 is 17.3 Å². The number of Topliss-reactive ketones (excluding diaryl/α,β-unsaturated/α-hetero) is 1. The Labute approximate surface area is 202 Å². The third-order valence-electron chi connectivity index (χ3n) is 5.96. The second-order valence-corrected chi connectivity index (χ2v) is 8.64. The van der Waals surface area contributed by atoms with E-state index in [4.69, 9.17) is 0 Å². The van der Waals surface area contributed by atoms with E-state index in [1.807, 2.05) is 147 Å². The van der Waals surface area contributed by atoms with E-state index >= 15 is 0 Å². The third kappa shape index (κ3) is 5.77. The predicted molar refractivity (Wildman–Crippen MR) is 141 cm³/mol. The van der Waals surface area contributed by atoms with Crippen LogP contribution in [0.15, 0.2) is 109 Å². The smallest absolute Gasteiger partial charge is 0.193 e. The van der Waals surface area contributed by atoms with Gasteiger partial charge in [-0.3, -0.25) is 14.5 Å². The van der Waals surface area contributed by atoms with Crippen molar-refractivity contribution in [1.82, 2.24) is 4.90 Å². The molecule has 0 saturated carbocycles. The Balaban J connectivity index is 0.000000202. The van der Waals surface area contributed by atoms with E-state index in [9.17, 15) is 9.59 Å². The van der Waals surface area contributed by atoms with Gasteiger partial charge >= 0.3 is 0 Å². The first-order chi connectivity index (χ1) is 16.3. The summed E-state index contributed by atoms with van der Waals surface area (Å²) in [5, 5.41) is 0. The molecule has 1 unspecified atom stereocenters. The number of likely N-dealkylation sites (N-methyl/N-ethyl adjacent to an activating group) is 1. The number of ketones is 2. The van der Waals surface area contributed by atoms with Gasteiger partial charge in [0, 0.05) is 36.5 Å². The molecular formula is C30H32N2O2. The van der Waals surface area contributed by atoms with Gasteiger partial charge in [0.1, 0.15) is 5.54 Å². The number of carbonyl (C=O) groups is 2. The van der Waals surface area contributed by atoms with Gasteiger partial charge in [-0.1, -0.05) is 85.0 Å². The van der Waals surface area contributed by atoms with Crippen molar-refractivity contribution in [3.8, 4) is 0 Å². The molecule has 1 aliphatic carbocycles. The topological polar surface area (TPSA) is 40.6 Å². The molecule has 0 bridgehead atoms. The van der Waals surface area contributed by atoms with Gasteiger partial charge in [-0.25, -0.2) is 0 Å². The Morgan fingerprint density at radius 2 is 1.21 bits per heavy atom. The SMILES string of the molecule is CN(C)c1ccc(C(=O)C2(N(C)C)C=CC=CC2)cc1.O=C(c1ccccc1)c1ccccc1. The van der Waals surface area contributed by atoms with Gasteiger partial charge in [0.2, 0.25) is 0 Å². The van der Waals surface area contributed by atoms with Gasteiger partial charge in [-0.05, 0) is 44.8 Å². The number of nitrogens with zero attached hydrogens (tertiary/aromatic N) is 2. The second kappa shape index (κ2) is 11.4. The normalized spacial score (nSPS) is 16.5. The van der Waals surface area contributed by atoms with Crippen molar-refractivity contribution in [2.45, 2.75) is 12.0 Å². The molecule has 1 aliphatic rings. The summed E-state index contributed by atoms with van der Waals surface area (Å²) in [5.74, 6) is 0.222. The quantitative estimate of drug-likeness (QED) is 0.452. The maximum atomic E-state index is 12.9. The molecule has 174 valence electrons. The standard InChI is InChI=1S/C17H22N2O.C13H10O/c1-18(2)15-10-8-14(9-11-15)16(20)17(19(3)4)12-6-5-7-13-17;14-13(11-7-3-1-4-8-11)12-9-5-2-6-10-12/h5-12H,13H2,1-4H3;1-10H. The van der Waals surface area contributed by atoms with Crippen LogP contribution in [0.5, 0.6) is 0 Å². The number of carbonyl (C=O) groups excluding carboxylic acids is 2. The highest BCUT2D eigenvalue weighted by molar-refractivity contribution is 6.08. The molecule has 4 nitrogen and oxygen atoms in total. The number of anilines is 1. The molecule has 0 spiro atoms. The zero-order chi connectivity index (χ0) is 24.6. The largest absolute Gasteiger partial charge is 0.378 e. The average molecular weight is 453 g/mol. The first-order valence-electron chi connectivity index (χ1n) is 11.3. The molecule has 0 saturated heterocycles. The van der Waals surface area contributed by atoms with E-state index in [-0.39, 0.29) is 11.6 Å². The molecule has 0 aromatic heterocycles. The van der Waals surface area contributed by atoms with Crippen molar-refractivity contribution in [2.75, 3.05) is 33.1 Å². The number of hydrogen-bond donors (Lipinski definition) is 0. The highest BCUT2D eigenvalue weighted by atomic mass is 16.1. The summed E-state index contributed by atoms with van der Waals surface area (Å²) in [4.78, 5) is 28.8. The number of benzene rings is 3. The maximum Gasteiger partial charge on any atom is 0.193 e. The summed E-state index contributed by atoms with van der Waals surface area (Å²) in [7, 11) is 7.89. The van der Waals surface area contributed by atoms with E-state index in [1.54, 1.807) is 0 Å². The van der Waals surface area contributed by atoms with Crippen LogP contribution >= 0.6 is 0 Å². The van der Waals surface area contributed by atoms with Crippen LogP contribution in [0.1, 0.15) is 32.7 Å². The molecule has 0 N–H and O–H groups in total. The summed E-state index contributed by atoms with van der Waals surface area (Å²) in [6, 6.07) is 26.4. The molecule has 1 atom stereocenters. The second-order valence-electron chi connectivity index (χ2n) is 8.64. The van der Waals surface area contributed by atoms with Crippen molar-refractivity contribution in [1.29, 1.82) is 0 Å². The van der Waals surface area contributed by atoms with Crippen LogP contribution in [0.3, 0.4) is 0 Å². The van der Waals surface area contributed by atoms with E-state index in [0.717, 1.165) is 22.4 Å². The lowest BCUT2D eigenvalue weighted by Gasteiger charge is -2.36. The van der Waals surface area contributed by atoms with Gasteiger partial charge in [0.25, 0.3) is 0 Å². The van der Waals surface area contributed by atoms with E-state index < -0.39 is 5.54 Å². The lowest BCUT2D eigenvalue weighted by atomic mass is 9.82. The number of allylic oxidation sites excluding steroid dienone is 2. The summed E-state index contributed by atoms with van der Waals surface area (Å²) in [6.07, 6.45) is 8.70. The zero-order valence-corrected chi connectivity index (χ0v) is 20.3. The molecule has 3 aromatic rings. The summed E-state index contributed by atoms with van der Waals surface area (Å²) >= 11 is 0. The van der Waals surface area contributed by atoms with Gasteiger partial charge < -0.3 is 4.90 Å². The molecular weight excluding hydrogens is 420 g/mol. The van der Waals surface area contributed by atoms with E-state index in [1.165, 1.54) is 0 Å². The highest BCUT2D eigenvalue weighted by Crippen LogP contribution is 2.28. The zero-order valence-electron chi connectivity index (χ0n) is 20.3. The van der Waals surface area contributed by atoms with Gasteiger partial charge in [-0.2, -0.15) is 0 Å². The minimum atomic E-state index is -0.561. The van der Waals surface area contributed by atoms with Crippen LogP contribution in [-0.2, 0) is 0 Å². The van der Waals surface area contributed by atoms with Gasteiger partial charge in [-0.15, -0.1) is 0 Å². The van der Waals surface area contributed by atoms with Crippen LogP contribution in [-0.4, -0.2) is 50.2 Å². The average Bonchev–Trinajstić information content (AvgIpc) is 2.89. The van der Waals surface area contributed by atoms with E-state index in [0.29, 0.717) is 6.42 Å². The highest BCUT2D eigenvalue weighted by Gasteiger charge is 2.38. The molecule has 3 aromatic carbocycles. The molecule has 0 amide bonds. The minimum Gasteiger partial charge on any atom is -0.378 e. The number of hydrogen-bond acceptors (Lipinski definition) is 4. The van der Waals surface area contributed by atoms with Crippen LogP contribution in [0.2, 0.25) is 0 Å². The summed E-state index contributed by atoms with van der Waals surface area (Å²) in [6.45, 7) is 0. The van der Waals surface area contributed by atoms with Crippen molar-refractivity contribution in [3.05, 3.63) is 126 Å². The Morgan fingerprint density at radius 3 is 1.62 bits per heavy atom. The summed E-state index contributed by atoms with van der Waals surface area (Å²) < 4.78 is 0. The Hall–Kier alpha value is -3.76. The molecule has 0 aliphatic heterocycles. The molecule has 4 rings (SSSR count). The predicted octanol–water partition coefficient (Wildman–Crippen LogP) is 5.67. The third-order valence-corrected chi connectivity index (χ3v) is 5.96. The summed E-state index contributed by atoms with van der Waals surface area (Å²) in [5.41, 5.74) is 2.76. The number of rotatable bonds is 6.